The van der Waals surface area contributed by atoms with Crippen LogP contribution < -0.4 is 14.8 Å². The summed E-state index contributed by atoms with van der Waals surface area (Å²) in [6.07, 6.45) is 0. The molecule has 0 atom stereocenters. The van der Waals surface area contributed by atoms with Crippen molar-refractivity contribution < 1.29 is 18.3 Å². The van der Waals surface area contributed by atoms with E-state index >= 15 is 0 Å². The van der Waals surface area contributed by atoms with Crippen molar-refractivity contribution in [2.24, 2.45) is 0 Å². The van der Waals surface area contributed by atoms with Gasteiger partial charge in [-0.1, -0.05) is 35.9 Å². The molecule has 28 heavy (non-hydrogen) atoms. The molecule has 0 aromatic heterocycles. The van der Waals surface area contributed by atoms with Gasteiger partial charge in [-0.25, -0.2) is 8.78 Å². The second-order valence-corrected chi connectivity index (χ2v) is 6.66. The van der Waals surface area contributed by atoms with Crippen LogP contribution in [-0.4, -0.2) is 7.11 Å². The Hall–Kier alpha value is -2.63. The van der Waals surface area contributed by atoms with Gasteiger partial charge in [-0.2, -0.15) is 0 Å². The molecule has 0 aliphatic carbocycles. The van der Waals surface area contributed by atoms with E-state index in [-0.39, 0.29) is 18.2 Å². The average Bonchev–Trinajstić information content (AvgIpc) is 2.69. The maximum atomic E-state index is 13.0. The molecule has 0 fully saturated rings. The number of rotatable bonds is 8. The van der Waals surface area contributed by atoms with Crippen molar-refractivity contribution in [3.05, 3.63) is 94.0 Å². The van der Waals surface area contributed by atoms with E-state index in [9.17, 15) is 8.78 Å². The maximum Gasteiger partial charge on any atom is 0.180 e. The molecule has 0 heterocycles. The van der Waals surface area contributed by atoms with Crippen LogP contribution >= 0.6 is 11.6 Å². The van der Waals surface area contributed by atoms with Crippen LogP contribution in [0.1, 0.15) is 16.7 Å². The first-order valence-electron chi connectivity index (χ1n) is 8.74. The monoisotopic (exact) mass is 403 g/mol. The second-order valence-electron chi connectivity index (χ2n) is 6.25. The van der Waals surface area contributed by atoms with E-state index in [0.717, 1.165) is 16.7 Å². The Morgan fingerprint density at radius 3 is 2.00 bits per heavy atom. The van der Waals surface area contributed by atoms with Gasteiger partial charge < -0.3 is 14.8 Å². The standard InChI is InChI=1S/C22H20ClF2NO2/c1-27-21-11-17(13-26-12-15-2-6-18(24)7-3-15)10-20(23)22(21)28-14-16-4-8-19(25)9-5-16/h2-11,26H,12-14H2,1H3. The van der Waals surface area contributed by atoms with Gasteiger partial charge in [0, 0.05) is 13.1 Å². The van der Waals surface area contributed by atoms with Gasteiger partial charge in [-0.05, 0) is 53.1 Å². The molecular weight excluding hydrogens is 384 g/mol. The molecule has 0 saturated heterocycles. The third kappa shape index (κ3) is 5.44. The molecule has 0 radical (unpaired) electrons. The summed E-state index contributed by atoms with van der Waals surface area (Å²) in [6.45, 7) is 1.41. The zero-order valence-electron chi connectivity index (χ0n) is 15.3. The Labute approximate surface area is 167 Å². The van der Waals surface area contributed by atoms with Crippen molar-refractivity contribution >= 4 is 11.6 Å². The number of hydrogen-bond donors (Lipinski definition) is 1. The lowest BCUT2D eigenvalue weighted by Crippen LogP contribution is -2.13. The van der Waals surface area contributed by atoms with E-state index in [1.807, 2.05) is 12.1 Å². The van der Waals surface area contributed by atoms with Crippen molar-refractivity contribution in [1.29, 1.82) is 0 Å². The van der Waals surface area contributed by atoms with E-state index in [4.69, 9.17) is 21.1 Å². The molecule has 0 amide bonds. The zero-order chi connectivity index (χ0) is 19.9. The Morgan fingerprint density at radius 2 is 1.39 bits per heavy atom. The lowest BCUT2D eigenvalue weighted by atomic mass is 10.1. The lowest BCUT2D eigenvalue weighted by molar-refractivity contribution is 0.284. The Kier molecular flexibility index (Phi) is 6.85. The van der Waals surface area contributed by atoms with Crippen LogP contribution in [0, 0.1) is 11.6 Å². The summed E-state index contributed by atoms with van der Waals surface area (Å²) in [5, 5.41) is 3.72. The van der Waals surface area contributed by atoms with Gasteiger partial charge >= 0.3 is 0 Å². The highest BCUT2D eigenvalue weighted by Crippen LogP contribution is 2.37. The fourth-order valence-electron chi connectivity index (χ4n) is 2.70. The topological polar surface area (TPSA) is 30.5 Å². The van der Waals surface area contributed by atoms with Crippen LogP contribution in [0.2, 0.25) is 5.02 Å². The van der Waals surface area contributed by atoms with E-state index in [0.29, 0.717) is 29.6 Å². The summed E-state index contributed by atoms with van der Waals surface area (Å²) in [5.74, 6) is 0.414. The predicted octanol–water partition coefficient (Wildman–Crippen LogP) is 5.50. The molecule has 3 aromatic rings. The summed E-state index contributed by atoms with van der Waals surface area (Å²) in [7, 11) is 1.55. The molecule has 146 valence electrons. The summed E-state index contributed by atoms with van der Waals surface area (Å²) in [5.41, 5.74) is 2.74. The summed E-state index contributed by atoms with van der Waals surface area (Å²) >= 11 is 6.38. The van der Waals surface area contributed by atoms with Gasteiger partial charge in [0.2, 0.25) is 0 Å². The van der Waals surface area contributed by atoms with Gasteiger partial charge in [-0.15, -0.1) is 0 Å². The average molecular weight is 404 g/mol. The molecule has 0 aliphatic rings. The van der Waals surface area contributed by atoms with Crippen molar-refractivity contribution in [1.82, 2.24) is 5.32 Å². The van der Waals surface area contributed by atoms with Crippen LogP contribution in [-0.2, 0) is 19.7 Å². The van der Waals surface area contributed by atoms with Crippen molar-refractivity contribution in [2.45, 2.75) is 19.7 Å². The highest BCUT2D eigenvalue weighted by Gasteiger charge is 2.12. The summed E-state index contributed by atoms with van der Waals surface area (Å²) in [6, 6.07) is 16.1. The molecule has 3 rings (SSSR count). The number of benzene rings is 3. The molecule has 0 saturated carbocycles. The Morgan fingerprint density at radius 1 is 0.821 bits per heavy atom. The third-order valence-corrected chi connectivity index (χ3v) is 4.44. The molecule has 0 aliphatic heterocycles. The van der Waals surface area contributed by atoms with Crippen molar-refractivity contribution in [3.63, 3.8) is 0 Å². The minimum Gasteiger partial charge on any atom is -0.493 e. The number of nitrogens with one attached hydrogen (secondary N) is 1. The van der Waals surface area contributed by atoms with E-state index in [1.165, 1.54) is 24.3 Å². The number of hydrogen-bond acceptors (Lipinski definition) is 3. The first-order chi connectivity index (χ1) is 13.5. The SMILES string of the molecule is COc1cc(CNCc2ccc(F)cc2)cc(Cl)c1OCc1ccc(F)cc1. The van der Waals surface area contributed by atoms with E-state index in [2.05, 4.69) is 5.32 Å². The summed E-state index contributed by atoms with van der Waals surface area (Å²) < 4.78 is 37.2. The van der Waals surface area contributed by atoms with Gasteiger partial charge in [0.1, 0.15) is 18.2 Å². The quantitative estimate of drug-likeness (QED) is 0.539. The predicted molar refractivity (Wildman–Crippen MR) is 106 cm³/mol. The first kappa shape index (κ1) is 20.1. The minimum absolute atomic E-state index is 0.249. The highest BCUT2D eigenvalue weighted by atomic mass is 35.5. The smallest absolute Gasteiger partial charge is 0.180 e. The van der Waals surface area contributed by atoms with Crippen LogP contribution in [0.15, 0.2) is 60.7 Å². The van der Waals surface area contributed by atoms with Gasteiger partial charge in [0.05, 0.1) is 12.1 Å². The minimum atomic E-state index is -0.295. The largest absolute Gasteiger partial charge is 0.493 e. The number of halogens is 3. The van der Waals surface area contributed by atoms with Crippen LogP contribution in [0.3, 0.4) is 0 Å². The third-order valence-electron chi connectivity index (χ3n) is 4.16. The number of ether oxygens (including phenoxy) is 2. The molecule has 3 nitrogen and oxygen atoms in total. The molecule has 1 N–H and O–H groups in total. The van der Waals surface area contributed by atoms with Crippen LogP contribution in [0.25, 0.3) is 0 Å². The van der Waals surface area contributed by atoms with Crippen LogP contribution in [0.5, 0.6) is 11.5 Å². The van der Waals surface area contributed by atoms with E-state index in [1.54, 1.807) is 31.4 Å². The normalized spacial score (nSPS) is 10.7. The lowest BCUT2D eigenvalue weighted by Gasteiger charge is -2.15. The van der Waals surface area contributed by atoms with Gasteiger partial charge in [-0.3, -0.25) is 0 Å². The second kappa shape index (κ2) is 9.53. The molecule has 3 aromatic carbocycles. The molecular formula is C22H20ClF2NO2. The number of methoxy groups -OCH3 is 1. The first-order valence-corrected chi connectivity index (χ1v) is 9.12. The zero-order valence-corrected chi connectivity index (χ0v) is 16.1. The van der Waals surface area contributed by atoms with Crippen molar-refractivity contribution in [3.8, 4) is 11.5 Å². The molecule has 0 unspecified atom stereocenters. The van der Waals surface area contributed by atoms with Crippen LogP contribution in [0.4, 0.5) is 8.78 Å². The maximum absolute atomic E-state index is 13.0. The fraction of sp³-hybridized carbons (Fsp3) is 0.182. The fourth-order valence-corrected chi connectivity index (χ4v) is 2.99. The molecule has 0 spiro atoms. The molecule has 0 bridgehead atoms. The van der Waals surface area contributed by atoms with Gasteiger partial charge in [0.15, 0.2) is 11.5 Å². The van der Waals surface area contributed by atoms with E-state index < -0.39 is 0 Å². The summed E-state index contributed by atoms with van der Waals surface area (Å²) in [4.78, 5) is 0. The Balaban J connectivity index is 1.63. The molecule has 6 heteroatoms. The van der Waals surface area contributed by atoms with Gasteiger partial charge in [0.25, 0.3) is 0 Å². The van der Waals surface area contributed by atoms with Crippen molar-refractivity contribution in [2.75, 3.05) is 7.11 Å². The Bertz CT molecular complexity index is 915. The highest BCUT2D eigenvalue weighted by molar-refractivity contribution is 6.32.